The minimum atomic E-state index is -0.703. The molecule has 0 spiro atoms. The molecule has 1 aliphatic carbocycles. The van der Waals surface area contributed by atoms with E-state index in [-0.39, 0.29) is 17.6 Å². The SMILES string of the molecule is NC(=O)c1nnn([C@H]2CCC[C@@H]2O)c1N. The number of anilines is 1. The number of nitrogens with two attached hydrogens (primary N) is 2. The molecule has 1 aromatic rings. The second-order valence-corrected chi connectivity index (χ2v) is 3.70. The van der Waals surface area contributed by atoms with Crippen LogP contribution in [-0.2, 0) is 0 Å². The lowest BCUT2D eigenvalue weighted by molar-refractivity contribution is 0.0996. The van der Waals surface area contributed by atoms with Gasteiger partial charge in [-0.3, -0.25) is 4.79 Å². The van der Waals surface area contributed by atoms with E-state index in [1.807, 2.05) is 0 Å². The molecule has 0 saturated heterocycles. The Balaban J connectivity index is 2.33. The van der Waals surface area contributed by atoms with E-state index in [1.54, 1.807) is 0 Å². The third kappa shape index (κ3) is 1.54. The Morgan fingerprint density at radius 3 is 2.73 bits per heavy atom. The number of carbonyl (C=O) groups is 1. The maximum Gasteiger partial charge on any atom is 0.273 e. The van der Waals surface area contributed by atoms with Crippen LogP contribution in [0.5, 0.6) is 0 Å². The van der Waals surface area contributed by atoms with E-state index < -0.39 is 12.0 Å². The Morgan fingerprint density at radius 1 is 1.53 bits per heavy atom. The average Bonchev–Trinajstić information content (AvgIpc) is 2.71. The highest BCUT2D eigenvalue weighted by Crippen LogP contribution is 2.31. The molecule has 0 bridgehead atoms. The summed E-state index contributed by atoms with van der Waals surface area (Å²) in [6.07, 6.45) is 1.94. The fourth-order valence-corrected chi connectivity index (χ4v) is 1.93. The van der Waals surface area contributed by atoms with Gasteiger partial charge in [0.25, 0.3) is 5.91 Å². The number of hydrogen-bond donors (Lipinski definition) is 3. The minimum absolute atomic E-state index is 0.0332. The van der Waals surface area contributed by atoms with Crippen LogP contribution in [0.3, 0.4) is 0 Å². The Labute approximate surface area is 86.0 Å². The predicted octanol–water partition coefficient (Wildman–Crippen LogP) is -0.955. The van der Waals surface area contributed by atoms with Gasteiger partial charge in [0.15, 0.2) is 11.5 Å². The first-order valence-electron chi connectivity index (χ1n) is 4.79. The molecule has 15 heavy (non-hydrogen) atoms. The van der Waals surface area contributed by atoms with Crippen molar-refractivity contribution in [2.24, 2.45) is 5.73 Å². The van der Waals surface area contributed by atoms with Crippen molar-refractivity contribution in [2.45, 2.75) is 31.4 Å². The quantitative estimate of drug-likeness (QED) is 0.582. The first kappa shape index (κ1) is 9.91. The van der Waals surface area contributed by atoms with Crippen LogP contribution in [0.4, 0.5) is 5.82 Å². The Kier molecular flexibility index (Phi) is 2.31. The number of aromatic nitrogens is 3. The van der Waals surface area contributed by atoms with Gasteiger partial charge in [-0.25, -0.2) is 4.68 Å². The number of aliphatic hydroxyl groups is 1. The highest BCUT2D eigenvalue weighted by Gasteiger charge is 2.30. The number of carbonyl (C=O) groups excluding carboxylic acids is 1. The molecule has 7 heteroatoms. The third-order valence-electron chi connectivity index (χ3n) is 2.72. The first-order chi connectivity index (χ1) is 7.11. The number of aliphatic hydroxyl groups excluding tert-OH is 1. The standard InChI is InChI=1S/C8H13N5O2/c9-7-6(8(10)15)11-12-13(7)4-2-1-3-5(4)14/h4-5,14H,1-3,9H2,(H2,10,15)/t4-,5-/m0/s1. The number of primary amides is 1. The minimum Gasteiger partial charge on any atom is -0.391 e. The van der Waals surface area contributed by atoms with Crippen LogP contribution in [0.15, 0.2) is 0 Å². The number of rotatable bonds is 2. The Bertz CT molecular complexity index is 388. The van der Waals surface area contributed by atoms with Crippen molar-refractivity contribution in [3.63, 3.8) is 0 Å². The number of hydrogen-bond acceptors (Lipinski definition) is 5. The molecule has 1 saturated carbocycles. The lowest BCUT2D eigenvalue weighted by Crippen LogP contribution is -2.22. The van der Waals surface area contributed by atoms with Crippen LogP contribution in [0.25, 0.3) is 0 Å². The van der Waals surface area contributed by atoms with Crippen molar-refractivity contribution in [3.05, 3.63) is 5.69 Å². The summed E-state index contributed by atoms with van der Waals surface area (Å²) >= 11 is 0. The molecule has 1 amide bonds. The summed E-state index contributed by atoms with van der Waals surface area (Å²) in [5.74, 6) is -0.570. The molecule has 1 aromatic heterocycles. The maximum absolute atomic E-state index is 10.9. The lowest BCUT2D eigenvalue weighted by Gasteiger charge is -2.15. The van der Waals surface area contributed by atoms with Gasteiger partial charge in [-0.1, -0.05) is 5.21 Å². The van der Waals surface area contributed by atoms with E-state index in [4.69, 9.17) is 11.5 Å². The van der Waals surface area contributed by atoms with Gasteiger partial charge < -0.3 is 16.6 Å². The molecule has 2 rings (SSSR count). The zero-order chi connectivity index (χ0) is 11.0. The second-order valence-electron chi connectivity index (χ2n) is 3.70. The molecule has 82 valence electrons. The van der Waals surface area contributed by atoms with Crippen molar-refractivity contribution in [3.8, 4) is 0 Å². The van der Waals surface area contributed by atoms with Crippen LogP contribution in [0, 0.1) is 0 Å². The smallest absolute Gasteiger partial charge is 0.273 e. The third-order valence-corrected chi connectivity index (χ3v) is 2.72. The van der Waals surface area contributed by atoms with Gasteiger partial charge in [-0.2, -0.15) is 0 Å². The monoisotopic (exact) mass is 211 g/mol. The van der Waals surface area contributed by atoms with Crippen LogP contribution in [-0.4, -0.2) is 32.1 Å². The summed E-state index contributed by atoms with van der Waals surface area (Å²) < 4.78 is 1.39. The first-order valence-corrected chi connectivity index (χ1v) is 4.79. The van der Waals surface area contributed by atoms with Crippen molar-refractivity contribution in [1.82, 2.24) is 15.0 Å². The molecule has 1 aliphatic rings. The molecule has 5 N–H and O–H groups in total. The highest BCUT2D eigenvalue weighted by molar-refractivity contribution is 5.94. The molecule has 0 aliphatic heterocycles. The Hall–Kier alpha value is -1.63. The molecule has 2 atom stereocenters. The predicted molar refractivity (Wildman–Crippen MR) is 51.8 cm³/mol. The van der Waals surface area contributed by atoms with E-state index in [0.29, 0.717) is 0 Å². The lowest BCUT2D eigenvalue weighted by atomic mass is 10.2. The summed E-state index contributed by atoms with van der Waals surface area (Å²) in [6.45, 7) is 0. The van der Waals surface area contributed by atoms with Gasteiger partial charge in [-0.05, 0) is 19.3 Å². The molecule has 0 unspecified atom stereocenters. The summed E-state index contributed by atoms with van der Waals surface area (Å²) in [6, 6.07) is -0.189. The van der Waals surface area contributed by atoms with E-state index in [9.17, 15) is 9.90 Å². The zero-order valence-corrected chi connectivity index (χ0v) is 8.13. The van der Waals surface area contributed by atoms with Crippen molar-refractivity contribution < 1.29 is 9.90 Å². The molecule has 0 radical (unpaired) electrons. The molecule has 7 nitrogen and oxygen atoms in total. The Morgan fingerprint density at radius 2 is 2.27 bits per heavy atom. The number of nitrogens with zero attached hydrogens (tertiary/aromatic N) is 3. The summed E-state index contributed by atoms with van der Waals surface area (Å²) in [4.78, 5) is 10.9. The molecule has 1 heterocycles. The van der Waals surface area contributed by atoms with E-state index >= 15 is 0 Å². The van der Waals surface area contributed by atoms with Gasteiger partial charge in [0.1, 0.15) is 0 Å². The zero-order valence-electron chi connectivity index (χ0n) is 8.13. The van der Waals surface area contributed by atoms with Gasteiger partial charge in [0, 0.05) is 0 Å². The van der Waals surface area contributed by atoms with Gasteiger partial charge in [0.2, 0.25) is 0 Å². The summed E-state index contributed by atoms with van der Waals surface area (Å²) in [7, 11) is 0. The normalized spacial score (nSPS) is 25.7. The van der Waals surface area contributed by atoms with Crippen LogP contribution in [0.1, 0.15) is 35.8 Å². The van der Waals surface area contributed by atoms with E-state index in [2.05, 4.69) is 10.3 Å². The largest absolute Gasteiger partial charge is 0.391 e. The fourth-order valence-electron chi connectivity index (χ4n) is 1.93. The maximum atomic E-state index is 10.9. The average molecular weight is 211 g/mol. The van der Waals surface area contributed by atoms with Crippen molar-refractivity contribution in [1.29, 1.82) is 0 Å². The molecular formula is C8H13N5O2. The topological polar surface area (TPSA) is 120 Å². The number of amides is 1. The molecule has 0 aromatic carbocycles. The number of nitrogen functional groups attached to an aromatic ring is 1. The highest BCUT2D eigenvalue weighted by atomic mass is 16.3. The molecule has 1 fully saturated rings. The van der Waals surface area contributed by atoms with Crippen LogP contribution in [0.2, 0.25) is 0 Å². The van der Waals surface area contributed by atoms with Crippen molar-refractivity contribution in [2.75, 3.05) is 5.73 Å². The van der Waals surface area contributed by atoms with Crippen molar-refractivity contribution >= 4 is 11.7 Å². The van der Waals surface area contributed by atoms with Gasteiger partial charge in [-0.15, -0.1) is 5.10 Å². The van der Waals surface area contributed by atoms with Gasteiger partial charge >= 0.3 is 0 Å². The summed E-state index contributed by atoms with van der Waals surface area (Å²) in [5, 5.41) is 17.0. The fraction of sp³-hybridized carbons (Fsp3) is 0.625. The summed E-state index contributed by atoms with van der Waals surface area (Å²) in [5.41, 5.74) is 10.7. The van der Waals surface area contributed by atoms with E-state index in [1.165, 1.54) is 4.68 Å². The van der Waals surface area contributed by atoms with E-state index in [0.717, 1.165) is 19.3 Å². The van der Waals surface area contributed by atoms with Gasteiger partial charge in [0.05, 0.1) is 12.1 Å². The second kappa shape index (κ2) is 3.50. The molecular weight excluding hydrogens is 198 g/mol. The van der Waals surface area contributed by atoms with Crippen LogP contribution >= 0.6 is 0 Å². The van der Waals surface area contributed by atoms with Crippen LogP contribution < -0.4 is 11.5 Å².